The van der Waals surface area contributed by atoms with Gasteiger partial charge in [-0.05, 0) is 32.1 Å². The van der Waals surface area contributed by atoms with Crippen LogP contribution >= 0.6 is 0 Å². The van der Waals surface area contributed by atoms with E-state index < -0.39 is 0 Å². The fourth-order valence-corrected chi connectivity index (χ4v) is 2.79. The number of nitrogens with zero attached hydrogens (tertiary/aromatic N) is 3. The van der Waals surface area contributed by atoms with E-state index in [1.807, 2.05) is 79.2 Å². The SMILES string of the molecule is CCN(CC)C(=O)/C=C/c1c(-c2ccccc2)nn2ccccc12. The van der Waals surface area contributed by atoms with E-state index in [4.69, 9.17) is 0 Å². The second kappa shape index (κ2) is 7.13. The summed E-state index contributed by atoms with van der Waals surface area (Å²) < 4.78 is 1.85. The summed E-state index contributed by atoms with van der Waals surface area (Å²) >= 11 is 0. The molecule has 0 bridgehead atoms. The van der Waals surface area contributed by atoms with Gasteiger partial charge in [-0.3, -0.25) is 4.79 Å². The number of amides is 1. The molecule has 0 unspecified atom stereocenters. The molecule has 1 aromatic carbocycles. The highest BCUT2D eigenvalue weighted by Gasteiger charge is 2.13. The highest BCUT2D eigenvalue weighted by atomic mass is 16.2. The van der Waals surface area contributed by atoms with Gasteiger partial charge in [0, 0.05) is 36.5 Å². The number of hydrogen-bond donors (Lipinski definition) is 0. The van der Waals surface area contributed by atoms with Gasteiger partial charge in [0.2, 0.25) is 5.91 Å². The molecule has 0 aliphatic carbocycles. The van der Waals surface area contributed by atoms with Crippen LogP contribution in [0.25, 0.3) is 22.9 Å². The Balaban J connectivity index is 2.07. The number of benzene rings is 1. The molecule has 4 nitrogen and oxygen atoms in total. The normalized spacial score (nSPS) is 11.2. The van der Waals surface area contributed by atoms with E-state index in [0.717, 1.165) is 22.3 Å². The standard InChI is InChI=1S/C20H21N3O/c1-3-22(4-2)19(24)14-13-17-18-12-8-9-15-23(18)21-20(17)16-10-6-5-7-11-16/h5-15H,3-4H2,1-2H3/b14-13+. The first-order valence-corrected chi connectivity index (χ1v) is 8.24. The van der Waals surface area contributed by atoms with Gasteiger partial charge in [0.05, 0.1) is 5.52 Å². The molecule has 4 heteroatoms. The van der Waals surface area contributed by atoms with E-state index >= 15 is 0 Å². The van der Waals surface area contributed by atoms with Crippen molar-refractivity contribution in [1.29, 1.82) is 0 Å². The molecule has 1 amide bonds. The molecular formula is C20H21N3O. The van der Waals surface area contributed by atoms with Crippen molar-refractivity contribution in [1.82, 2.24) is 14.5 Å². The van der Waals surface area contributed by atoms with E-state index in [1.165, 1.54) is 0 Å². The summed E-state index contributed by atoms with van der Waals surface area (Å²) in [6, 6.07) is 16.0. The lowest BCUT2D eigenvalue weighted by Gasteiger charge is -2.15. The molecule has 0 aliphatic rings. The summed E-state index contributed by atoms with van der Waals surface area (Å²) in [4.78, 5) is 14.1. The molecule has 3 rings (SSSR count). The van der Waals surface area contributed by atoms with Gasteiger partial charge in [-0.15, -0.1) is 0 Å². The summed E-state index contributed by atoms with van der Waals surface area (Å²) in [5.74, 6) is 0.0225. The van der Waals surface area contributed by atoms with E-state index in [2.05, 4.69) is 5.10 Å². The van der Waals surface area contributed by atoms with Crippen LogP contribution in [0.4, 0.5) is 0 Å². The zero-order chi connectivity index (χ0) is 16.9. The first-order valence-electron chi connectivity index (χ1n) is 8.24. The quantitative estimate of drug-likeness (QED) is 0.669. The number of likely N-dealkylation sites (N-methyl/N-ethyl adjacent to an activating group) is 1. The smallest absolute Gasteiger partial charge is 0.246 e. The Morgan fingerprint density at radius 2 is 1.79 bits per heavy atom. The maximum Gasteiger partial charge on any atom is 0.246 e. The monoisotopic (exact) mass is 319 g/mol. The van der Waals surface area contributed by atoms with Crippen molar-refractivity contribution in [3.05, 3.63) is 66.4 Å². The van der Waals surface area contributed by atoms with Gasteiger partial charge in [-0.1, -0.05) is 36.4 Å². The van der Waals surface area contributed by atoms with Crippen LogP contribution in [0.2, 0.25) is 0 Å². The third-order valence-electron chi connectivity index (χ3n) is 4.09. The highest BCUT2D eigenvalue weighted by Crippen LogP contribution is 2.27. The van der Waals surface area contributed by atoms with Gasteiger partial charge >= 0.3 is 0 Å². The van der Waals surface area contributed by atoms with Gasteiger partial charge < -0.3 is 4.90 Å². The molecule has 0 atom stereocenters. The molecule has 24 heavy (non-hydrogen) atoms. The van der Waals surface area contributed by atoms with Crippen LogP contribution in [0.15, 0.2) is 60.8 Å². The van der Waals surface area contributed by atoms with Crippen LogP contribution in [0, 0.1) is 0 Å². The largest absolute Gasteiger partial charge is 0.340 e. The molecule has 122 valence electrons. The second-order valence-corrected chi connectivity index (χ2v) is 5.50. The van der Waals surface area contributed by atoms with Gasteiger partial charge in [0.1, 0.15) is 5.69 Å². The summed E-state index contributed by atoms with van der Waals surface area (Å²) in [5, 5.41) is 4.69. The highest BCUT2D eigenvalue weighted by molar-refractivity contribution is 5.95. The summed E-state index contributed by atoms with van der Waals surface area (Å²) in [7, 11) is 0. The van der Waals surface area contributed by atoms with E-state index in [1.54, 1.807) is 11.0 Å². The first-order chi connectivity index (χ1) is 11.7. The summed E-state index contributed by atoms with van der Waals surface area (Å²) in [5.41, 5.74) is 3.86. The Kier molecular flexibility index (Phi) is 4.75. The van der Waals surface area contributed by atoms with Crippen LogP contribution in [0.1, 0.15) is 19.4 Å². The third-order valence-corrected chi connectivity index (χ3v) is 4.09. The minimum absolute atomic E-state index is 0.0225. The van der Waals surface area contributed by atoms with Crippen molar-refractivity contribution in [2.75, 3.05) is 13.1 Å². The fourth-order valence-electron chi connectivity index (χ4n) is 2.79. The van der Waals surface area contributed by atoms with Crippen molar-refractivity contribution < 1.29 is 4.79 Å². The van der Waals surface area contributed by atoms with Crippen molar-refractivity contribution in [2.45, 2.75) is 13.8 Å². The second-order valence-electron chi connectivity index (χ2n) is 5.50. The number of rotatable bonds is 5. The molecule has 0 N–H and O–H groups in total. The first kappa shape index (κ1) is 16.0. The Morgan fingerprint density at radius 1 is 1.08 bits per heavy atom. The molecular weight excluding hydrogens is 298 g/mol. The Labute approximate surface area is 142 Å². The number of fused-ring (bicyclic) bond motifs is 1. The van der Waals surface area contributed by atoms with Crippen molar-refractivity contribution in [3.63, 3.8) is 0 Å². The lowest BCUT2D eigenvalue weighted by molar-refractivity contribution is -0.125. The minimum atomic E-state index is 0.0225. The molecule has 0 radical (unpaired) electrons. The summed E-state index contributed by atoms with van der Waals surface area (Å²) in [6.45, 7) is 5.39. The van der Waals surface area contributed by atoms with Crippen LogP contribution in [0.3, 0.4) is 0 Å². The summed E-state index contributed by atoms with van der Waals surface area (Å²) in [6.07, 6.45) is 5.44. The predicted octanol–water partition coefficient (Wildman–Crippen LogP) is 3.88. The lowest BCUT2D eigenvalue weighted by atomic mass is 10.1. The predicted molar refractivity (Wildman–Crippen MR) is 97.6 cm³/mol. The number of pyridine rings is 1. The molecule has 2 heterocycles. The van der Waals surface area contributed by atoms with E-state index in [-0.39, 0.29) is 5.91 Å². The third kappa shape index (κ3) is 3.08. The zero-order valence-corrected chi connectivity index (χ0v) is 14.0. The number of carbonyl (C=O) groups excluding carboxylic acids is 1. The van der Waals surface area contributed by atoms with Gasteiger partial charge in [0.15, 0.2) is 0 Å². The Hall–Kier alpha value is -2.88. The van der Waals surface area contributed by atoms with Crippen molar-refractivity contribution in [3.8, 4) is 11.3 Å². The van der Waals surface area contributed by atoms with E-state index in [0.29, 0.717) is 13.1 Å². The van der Waals surface area contributed by atoms with Gasteiger partial charge in [-0.25, -0.2) is 4.52 Å². The number of carbonyl (C=O) groups is 1. The average Bonchev–Trinajstić information content (AvgIpc) is 3.00. The van der Waals surface area contributed by atoms with Crippen LogP contribution in [-0.4, -0.2) is 33.5 Å². The Bertz CT molecular complexity index is 861. The van der Waals surface area contributed by atoms with Crippen LogP contribution in [-0.2, 0) is 4.79 Å². The minimum Gasteiger partial charge on any atom is -0.340 e. The van der Waals surface area contributed by atoms with E-state index in [9.17, 15) is 4.79 Å². The topological polar surface area (TPSA) is 37.6 Å². The lowest BCUT2D eigenvalue weighted by Crippen LogP contribution is -2.28. The average molecular weight is 319 g/mol. The number of hydrogen-bond acceptors (Lipinski definition) is 2. The molecule has 3 aromatic rings. The molecule has 2 aromatic heterocycles. The zero-order valence-electron chi connectivity index (χ0n) is 14.0. The maximum atomic E-state index is 12.3. The molecule has 0 aliphatic heterocycles. The molecule has 0 saturated carbocycles. The fraction of sp³-hybridized carbons (Fsp3) is 0.200. The maximum absolute atomic E-state index is 12.3. The van der Waals surface area contributed by atoms with Crippen molar-refractivity contribution in [2.24, 2.45) is 0 Å². The van der Waals surface area contributed by atoms with Gasteiger partial charge in [-0.2, -0.15) is 5.10 Å². The Morgan fingerprint density at radius 3 is 2.50 bits per heavy atom. The molecule has 0 saturated heterocycles. The van der Waals surface area contributed by atoms with Crippen LogP contribution in [0.5, 0.6) is 0 Å². The van der Waals surface area contributed by atoms with Crippen molar-refractivity contribution >= 4 is 17.5 Å². The molecule has 0 spiro atoms. The number of aromatic nitrogens is 2. The van der Waals surface area contributed by atoms with Gasteiger partial charge in [0.25, 0.3) is 0 Å². The van der Waals surface area contributed by atoms with Crippen LogP contribution < -0.4 is 0 Å². The molecule has 0 fully saturated rings.